The Morgan fingerprint density at radius 1 is 1.38 bits per heavy atom. The molecule has 1 aliphatic heterocycles. The van der Waals surface area contributed by atoms with E-state index < -0.39 is 6.04 Å². The van der Waals surface area contributed by atoms with Gasteiger partial charge in [-0.25, -0.2) is 4.98 Å². The molecule has 24 heavy (non-hydrogen) atoms. The lowest BCUT2D eigenvalue weighted by atomic mass is 9.96. The second-order valence-corrected chi connectivity index (χ2v) is 6.65. The first-order valence-corrected chi connectivity index (χ1v) is 8.61. The molecule has 2 amide bonds. The van der Waals surface area contributed by atoms with Crippen LogP contribution in [0.4, 0.5) is 0 Å². The van der Waals surface area contributed by atoms with E-state index in [4.69, 9.17) is 4.74 Å². The van der Waals surface area contributed by atoms with Gasteiger partial charge < -0.3 is 15.0 Å². The third-order valence-corrected chi connectivity index (χ3v) is 4.78. The Morgan fingerprint density at radius 2 is 2.12 bits per heavy atom. The van der Waals surface area contributed by atoms with Crippen molar-refractivity contribution in [2.24, 2.45) is 5.92 Å². The number of aromatic nitrogens is 3. The Bertz CT molecular complexity index is 596. The van der Waals surface area contributed by atoms with Crippen molar-refractivity contribution >= 4 is 11.8 Å². The number of nitrogens with zero attached hydrogens (tertiary/aromatic N) is 3. The molecular formula is C16H25N5O3. The quantitative estimate of drug-likeness (QED) is 0.844. The van der Waals surface area contributed by atoms with Crippen LogP contribution in [0.25, 0.3) is 0 Å². The molecule has 1 aromatic rings. The molecule has 2 aliphatic rings. The number of H-pyrrole nitrogens is 1. The van der Waals surface area contributed by atoms with Crippen LogP contribution in [0.3, 0.4) is 0 Å². The van der Waals surface area contributed by atoms with E-state index in [0.717, 1.165) is 31.5 Å². The smallest absolute Gasteiger partial charge is 0.245 e. The van der Waals surface area contributed by atoms with E-state index in [1.165, 1.54) is 6.92 Å². The average Bonchev–Trinajstić information content (AvgIpc) is 3.23. The van der Waals surface area contributed by atoms with Gasteiger partial charge in [-0.3, -0.25) is 14.7 Å². The Balaban J connectivity index is 1.70. The van der Waals surface area contributed by atoms with Gasteiger partial charge in [0.2, 0.25) is 11.8 Å². The first kappa shape index (κ1) is 16.9. The fraction of sp³-hybridized carbons (Fsp3) is 0.750. The van der Waals surface area contributed by atoms with Crippen LogP contribution in [0.1, 0.15) is 50.4 Å². The van der Waals surface area contributed by atoms with Crippen molar-refractivity contribution in [3.05, 3.63) is 11.6 Å². The van der Waals surface area contributed by atoms with E-state index in [9.17, 15) is 9.59 Å². The van der Waals surface area contributed by atoms with Gasteiger partial charge in [0.15, 0.2) is 5.82 Å². The van der Waals surface area contributed by atoms with Crippen LogP contribution in [0, 0.1) is 12.8 Å². The maximum Gasteiger partial charge on any atom is 0.245 e. The number of carbonyl (C=O) groups excluding carboxylic acids is 2. The Morgan fingerprint density at radius 3 is 2.75 bits per heavy atom. The summed E-state index contributed by atoms with van der Waals surface area (Å²) in [6.45, 7) is 4.69. The van der Waals surface area contributed by atoms with E-state index in [1.54, 1.807) is 4.90 Å². The highest BCUT2D eigenvalue weighted by molar-refractivity contribution is 5.87. The minimum Gasteiger partial charge on any atom is -0.366 e. The number of carbonyl (C=O) groups is 2. The SMILES string of the molecule is CC(=O)NC(C(=O)N1CCOC(c2n[nH]c(C)n2)C1)C1CCCC1. The molecule has 2 heterocycles. The standard InChI is InChI=1S/C16H25N5O3/c1-10-17-15(20-19-10)13-9-21(7-8-24-13)16(23)14(18-11(2)22)12-5-3-4-6-12/h12-14H,3-9H2,1-2H3,(H,18,22)(H,17,19,20). The van der Waals surface area contributed by atoms with E-state index in [2.05, 4.69) is 20.5 Å². The highest BCUT2D eigenvalue weighted by Crippen LogP contribution is 2.29. The zero-order chi connectivity index (χ0) is 17.1. The summed E-state index contributed by atoms with van der Waals surface area (Å²) in [5.74, 6) is 1.35. The summed E-state index contributed by atoms with van der Waals surface area (Å²) >= 11 is 0. The average molecular weight is 335 g/mol. The molecule has 132 valence electrons. The largest absolute Gasteiger partial charge is 0.366 e. The molecule has 8 heteroatoms. The van der Waals surface area contributed by atoms with Crippen molar-refractivity contribution in [1.82, 2.24) is 25.4 Å². The van der Waals surface area contributed by atoms with Crippen LogP contribution in [-0.2, 0) is 14.3 Å². The van der Waals surface area contributed by atoms with Gasteiger partial charge in [0.1, 0.15) is 18.0 Å². The number of ether oxygens (including phenoxy) is 1. The van der Waals surface area contributed by atoms with Crippen molar-refractivity contribution in [1.29, 1.82) is 0 Å². The molecule has 0 spiro atoms. The second-order valence-electron chi connectivity index (χ2n) is 6.65. The number of aryl methyl sites for hydroxylation is 1. The van der Waals surface area contributed by atoms with Gasteiger partial charge in [-0.05, 0) is 25.7 Å². The molecule has 2 unspecified atom stereocenters. The van der Waals surface area contributed by atoms with Crippen LogP contribution in [0.15, 0.2) is 0 Å². The molecule has 1 aromatic heterocycles. The zero-order valence-corrected chi connectivity index (χ0v) is 14.2. The van der Waals surface area contributed by atoms with E-state index in [1.807, 2.05) is 6.92 Å². The molecular weight excluding hydrogens is 310 g/mol. The highest BCUT2D eigenvalue weighted by Gasteiger charge is 2.36. The predicted molar refractivity (Wildman–Crippen MR) is 86.0 cm³/mol. The molecule has 2 N–H and O–H groups in total. The molecule has 2 fully saturated rings. The first-order valence-electron chi connectivity index (χ1n) is 8.61. The zero-order valence-electron chi connectivity index (χ0n) is 14.2. The van der Waals surface area contributed by atoms with E-state index >= 15 is 0 Å². The van der Waals surface area contributed by atoms with Crippen LogP contribution in [0.2, 0.25) is 0 Å². The lowest BCUT2D eigenvalue weighted by Crippen LogP contribution is -2.54. The molecule has 0 radical (unpaired) electrons. The Hall–Kier alpha value is -1.96. The summed E-state index contributed by atoms with van der Waals surface area (Å²) < 4.78 is 5.72. The van der Waals surface area contributed by atoms with Crippen molar-refractivity contribution in [3.8, 4) is 0 Å². The third-order valence-electron chi connectivity index (χ3n) is 4.78. The Labute approximate surface area is 141 Å². The lowest BCUT2D eigenvalue weighted by molar-refractivity contribution is -0.144. The van der Waals surface area contributed by atoms with Gasteiger partial charge in [0, 0.05) is 13.5 Å². The molecule has 8 nitrogen and oxygen atoms in total. The number of amides is 2. The minimum atomic E-state index is -0.433. The summed E-state index contributed by atoms with van der Waals surface area (Å²) in [6, 6.07) is -0.433. The number of hydrogen-bond donors (Lipinski definition) is 2. The van der Waals surface area contributed by atoms with Crippen molar-refractivity contribution in [2.75, 3.05) is 19.7 Å². The van der Waals surface area contributed by atoms with Gasteiger partial charge in [0.05, 0.1) is 13.2 Å². The summed E-state index contributed by atoms with van der Waals surface area (Å²) in [6.07, 6.45) is 3.90. The van der Waals surface area contributed by atoms with Gasteiger partial charge in [0.25, 0.3) is 0 Å². The van der Waals surface area contributed by atoms with E-state index in [0.29, 0.717) is 25.5 Å². The van der Waals surface area contributed by atoms with Crippen molar-refractivity contribution in [3.63, 3.8) is 0 Å². The van der Waals surface area contributed by atoms with Crippen LogP contribution < -0.4 is 5.32 Å². The molecule has 3 rings (SSSR count). The topological polar surface area (TPSA) is 100 Å². The molecule has 0 aromatic carbocycles. The molecule has 1 saturated carbocycles. The number of rotatable bonds is 4. The minimum absolute atomic E-state index is 0.0161. The molecule has 2 atom stereocenters. The van der Waals surface area contributed by atoms with Gasteiger partial charge in [-0.1, -0.05) is 12.8 Å². The van der Waals surface area contributed by atoms with Gasteiger partial charge in [-0.15, -0.1) is 0 Å². The Kier molecular flexibility index (Phi) is 5.13. The van der Waals surface area contributed by atoms with Crippen LogP contribution in [0.5, 0.6) is 0 Å². The number of hydrogen-bond acceptors (Lipinski definition) is 5. The summed E-state index contributed by atoms with van der Waals surface area (Å²) in [7, 11) is 0. The summed E-state index contributed by atoms with van der Waals surface area (Å²) in [5.41, 5.74) is 0. The highest BCUT2D eigenvalue weighted by atomic mass is 16.5. The lowest BCUT2D eigenvalue weighted by Gasteiger charge is -2.35. The first-order chi connectivity index (χ1) is 11.5. The number of morpholine rings is 1. The normalized spacial score (nSPS) is 23.2. The maximum absolute atomic E-state index is 13.0. The number of aromatic amines is 1. The van der Waals surface area contributed by atoms with Crippen LogP contribution >= 0.6 is 0 Å². The van der Waals surface area contributed by atoms with Crippen molar-refractivity contribution < 1.29 is 14.3 Å². The van der Waals surface area contributed by atoms with E-state index in [-0.39, 0.29) is 23.8 Å². The van der Waals surface area contributed by atoms with Crippen molar-refractivity contribution in [2.45, 2.75) is 51.7 Å². The second kappa shape index (κ2) is 7.29. The number of nitrogens with one attached hydrogen (secondary N) is 2. The fourth-order valence-corrected chi connectivity index (χ4v) is 3.60. The monoisotopic (exact) mass is 335 g/mol. The van der Waals surface area contributed by atoms with Crippen LogP contribution in [-0.4, -0.2) is 57.6 Å². The molecule has 1 saturated heterocycles. The fourth-order valence-electron chi connectivity index (χ4n) is 3.60. The third kappa shape index (κ3) is 3.75. The summed E-state index contributed by atoms with van der Waals surface area (Å²) in [5, 5.41) is 9.81. The molecule has 1 aliphatic carbocycles. The predicted octanol–water partition coefficient (Wildman–Crippen LogP) is 0.708. The van der Waals surface area contributed by atoms with Gasteiger partial charge >= 0.3 is 0 Å². The maximum atomic E-state index is 13.0. The molecule has 0 bridgehead atoms. The summed E-state index contributed by atoms with van der Waals surface area (Å²) in [4.78, 5) is 30.6. The van der Waals surface area contributed by atoms with Gasteiger partial charge in [-0.2, -0.15) is 5.10 Å².